The van der Waals surface area contributed by atoms with E-state index in [0.29, 0.717) is 11.4 Å². The lowest BCUT2D eigenvalue weighted by Gasteiger charge is -2.42. The van der Waals surface area contributed by atoms with E-state index in [1.807, 2.05) is 0 Å². The number of hydrogen-bond acceptors (Lipinski definition) is 3. The first-order valence-corrected chi connectivity index (χ1v) is 8.28. The van der Waals surface area contributed by atoms with Gasteiger partial charge in [0.1, 0.15) is 0 Å². The lowest BCUT2D eigenvalue weighted by atomic mass is 9.74. The fourth-order valence-corrected chi connectivity index (χ4v) is 4.39. The van der Waals surface area contributed by atoms with E-state index in [2.05, 4.69) is 11.6 Å². The highest BCUT2D eigenvalue weighted by molar-refractivity contribution is 7.89. The van der Waals surface area contributed by atoms with Crippen molar-refractivity contribution in [2.45, 2.75) is 43.0 Å². The molecule has 20 heavy (non-hydrogen) atoms. The van der Waals surface area contributed by atoms with Gasteiger partial charge >= 0.3 is 0 Å². The Kier molecular flexibility index (Phi) is 6.01. The van der Waals surface area contributed by atoms with Gasteiger partial charge in [-0.1, -0.05) is 38.0 Å². The number of sulfonamides is 1. The molecule has 0 spiro atoms. The van der Waals surface area contributed by atoms with Crippen molar-refractivity contribution in [1.82, 2.24) is 4.72 Å². The number of hydrogen-bond donors (Lipinski definition) is 2. The summed E-state index contributed by atoms with van der Waals surface area (Å²) in [6, 6.07) is 8.49. The van der Waals surface area contributed by atoms with Crippen molar-refractivity contribution >= 4 is 22.4 Å². The third kappa shape index (κ3) is 3.52. The summed E-state index contributed by atoms with van der Waals surface area (Å²) in [5, 5.41) is 0. The molecule has 1 aliphatic carbocycles. The van der Waals surface area contributed by atoms with Crippen LogP contribution in [0.25, 0.3) is 0 Å². The summed E-state index contributed by atoms with van der Waals surface area (Å²) in [5.41, 5.74) is 5.39. The van der Waals surface area contributed by atoms with Gasteiger partial charge in [0.15, 0.2) is 0 Å². The summed E-state index contributed by atoms with van der Waals surface area (Å²) < 4.78 is 27.8. The van der Waals surface area contributed by atoms with Crippen LogP contribution < -0.4 is 10.5 Å². The topological polar surface area (TPSA) is 72.2 Å². The minimum atomic E-state index is -3.49. The average Bonchev–Trinajstić information content (AvgIpc) is 2.42. The molecule has 4 nitrogen and oxygen atoms in total. The van der Waals surface area contributed by atoms with Crippen LogP contribution in [0.5, 0.6) is 0 Å². The Morgan fingerprint density at radius 1 is 1.30 bits per heavy atom. The predicted molar refractivity (Wildman–Crippen MR) is 83.4 cm³/mol. The summed E-state index contributed by atoms with van der Waals surface area (Å²) in [7, 11) is -3.49. The van der Waals surface area contributed by atoms with Crippen molar-refractivity contribution in [2.24, 2.45) is 11.7 Å². The van der Waals surface area contributed by atoms with E-state index in [9.17, 15) is 8.42 Å². The predicted octanol–water partition coefficient (Wildman–Crippen LogP) is 2.29. The summed E-state index contributed by atoms with van der Waals surface area (Å²) in [6.45, 7) is 2.43. The number of nitrogens with two attached hydrogens (primary N) is 1. The second-order valence-electron chi connectivity index (χ2n) is 5.43. The molecule has 6 heteroatoms. The first-order valence-electron chi connectivity index (χ1n) is 6.79. The van der Waals surface area contributed by atoms with E-state index < -0.39 is 15.6 Å². The maximum atomic E-state index is 12.4. The van der Waals surface area contributed by atoms with Gasteiger partial charge in [-0.15, -0.1) is 12.4 Å². The van der Waals surface area contributed by atoms with Crippen molar-refractivity contribution in [3.63, 3.8) is 0 Å². The number of nitrogens with one attached hydrogen (secondary N) is 1. The average molecular weight is 319 g/mol. The smallest absolute Gasteiger partial charge is 0.241 e. The third-order valence-corrected chi connectivity index (χ3v) is 5.78. The number of rotatable bonds is 4. The lowest BCUT2D eigenvalue weighted by molar-refractivity contribution is 0.191. The van der Waals surface area contributed by atoms with Crippen molar-refractivity contribution < 1.29 is 8.42 Å². The van der Waals surface area contributed by atoms with E-state index in [1.54, 1.807) is 30.3 Å². The summed E-state index contributed by atoms with van der Waals surface area (Å²) in [5.74, 6) is 0.268. The summed E-state index contributed by atoms with van der Waals surface area (Å²) >= 11 is 0. The zero-order chi connectivity index (χ0) is 13.9. The summed E-state index contributed by atoms with van der Waals surface area (Å²) in [4.78, 5) is 0.306. The molecular formula is C14H23ClN2O2S. The third-order valence-electron chi connectivity index (χ3n) is 4.21. The quantitative estimate of drug-likeness (QED) is 0.894. The molecular weight excluding hydrogens is 296 g/mol. The van der Waals surface area contributed by atoms with Crippen LogP contribution in [0, 0.1) is 5.92 Å². The Balaban J connectivity index is 0.00000200. The van der Waals surface area contributed by atoms with Gasteiger partial charge in [-0.25, -0.2) is 13.1 Å². The first-order chi connectivity index (χ1) is 9.00. The largest absolute Gasteiger partial charge is 0.329 e. The van der Waals surface area contributed by atoms with E-state index >= 15 is 0 Å². The monoisotopic (exact) mass is 318 g/mol. The molecule has 2 unspecified atom stereocenters. The Bertz CT molecular complexity index is 521. The molecule has 1 aromatic rings. The standard InChI is InChI=1S/C14H22N2O2S.ClH/c1-12-7-5-6-10-14(12,11-15)16-19(17,18)13-8-3-2-4-9-13;/h2-4,8-9,12,16H,5-7,10-11,15H2,1H3;1H. The molecule has 1 aromatic carbocycles. The van der Waals surface area contributed by atoms with E-state index in [4.69, 9.17) is 5.73 Å². The van der Waals surface area contributed by atoms with Crippen LogP contribution in [-0.2, 0) is 10.0 Å². The molecule has 0 aromatic heterocycles. The molecule has 1 saturated carbocycles. The highest BCUT2D eigenvalue weighted by Gasteiger charge is 2.40. The SMILES string of the molecule is CC1CCCCC1(CN)NS(=O)(=O)c1ccccc1.Cl. The number of benzene rings is 1. The molecule has 0 amide bonds. The van der Waals surface area contributed by atoms with Gasteiger partial charge in [-0.05, 0) is 30.9 Å². The Morgan fingerprint density at radius 2 is 1.95 bits per heavy atom. The minimum Gasteiger partial charge on any atom is -0.329 e. The Hall–Kier alpha value is -0.620. The maximum absolute atomic E-state index is 12.4. The van der Waals surface area contributed by atoms with E-state index in [-0.39, 0.29) is 18.3 Å². The van der Waals surface area contributed by atoms with E-state index in [1.165, 1.54) is 0 Å². The van der Waals surface area contributed by atoms with Crippen LogP contribution in [0.15, 0.2) is 35.2 Å². The fraction of sp³-hybridized carbons (Fsp3) is 0.571. The van der Waals surface area contributed by atoms with Crippen molar-refractivity contribution in [3.05, 3.63) is 30.3 Å². The van der Waals surface area contributed by atoms with Gasteiger partial charge in [-0.2, -0.15) is 0 Å². The molecule has 0 aliphatic heterocycles. The molecule has 1 aliphatic rings. The van der Waals surface area contributed by atoms with Crippen LogP contribution >= 0.6 is 12.4 Å². The second kappa shape index (κ2) is 6.89. The zero-order valence-corrected chi connectivity index (χ0v) is 13.3. The normalized spacial score (nSPS) is 26.8. The number of halogens is 1. The van der Waals surface area contributed by atoms with Crippen LogP contribution in [-0.4, -0.2) is 20.5 Å². The molecule has 0 radical (unpaired) electrons. The Labute approximate surface area is 127 Å². The molecule has 3 N–H and O–H groups in total. The van der Waals surface area contributed by atoms with Crippen molar-refractivity contribution in [1.29, 1.82) is 0 Å². The highest BCUT2D eigenvalue weighted by Crippen LogP contribution is 2.34. The van der Waals surface area contributed by atoms with Crippen molar-refractivity contribution in [2.75, 3.05) is 6.54 Å². The van der Waals surface area contributed by atoms with Crippen LogP contribution in [0.3, 0.4) is 0 Å². The van der Waals surface area contributed by atoms with Crippen LogP contribution in [0.2, 0.25) is 0 Å². The van der Waals surface area contributed by atoms with Crippen LogP contribution in [0.1, 0.15) is 32.6 Å². The maximum Gasteiger partial charge on any atom is 0.241 e. The van der Waals surface area contributed by atoms with Gasteiger partial charge in [0, 0.05) is 12.1 Å². The molecule has 0 saturated heterocycles. The fourth-order valence-electron chi connectivity index (χ4n) is 2.84. The molecule has 2 rings (SSSR count). The summed E-state index contributed by atoms with van der Waals surface area (Å²) in [6.07, 6.45) is 4.01. The minimum absolute atomic E-state index is 0. The second-order valence-corrected chi connectivity index (χ2v) is 7.11. The van der Waals surface area contributed by atoms with Crippen molar-refractivity contribution in [3.8, 4) is 0 Å². The van der Waals surface area contributed by atoms with E-state index in [0.717, 1.165) is 25.7 Å². The molecule has 114 valence electrons. The van der Waals surface area contributed by atoms with Crippen LogP contribution in [0.4, 0.5) is 0 Å². The highest BCUT2D eigenvalue weighted by atomic mass is 35.5. The van der Waals surface area contributed by atoms with Gasteiger partial charge in [-0.3, -0.25) is 0 Å². The van der Waals surface area contributed by atoms with Gasteiger partial charge in [0.25, 0.3) is 0 Å². The van der Waals surface area contributed by atoms with Gasteiger partial charge in [0.2, 0.25) is 10.0 Å². The van der Waals surface area contributed by atoms with Gasteiger partial charge in [0.05, 0.1) is 4.90 Å². The molecule has 0 bridgehead atoms. The van der Waals surface area contributed by atoms with Gasteiger partial charge < -0.3 is 5.73 Å². The molecule has 1 fully saturated rings. The molecule has 0 heterocycles. The molecule has 2 atom stereocenters. The first kappa shape index (κ1) is 17.4. The Morgan fingerprint density at radius 3 is 2.50 bits per heavy atom. The lowest BCUT2D eigenvalue weighted by Crippen LogP contribution is -2.58. The zero-order valence-electron chi connectivity index (χ0n) is 11.7.